The summed E-state index contributed by atoms with van der Waals surface area (Å²) in [6.45, 7) is 0.266. The van der Waals surface area contributed by atoms with Gasteiger partial charge in [-0.05, 0) is 0 Å². The lowest BCUT2D eigenvalue weighted by molar-refractivity contribution is 0.0529. The molecule has 80 valence electrons. The van der Waals surface area contributed by atoms with Gasteiger partial charge in [0.1, 0.15) is 12.3 Å². The van der Waals surface area contributed by atoms with Crippen molar-refractivity contribution in [3.63, 3.8) is 0 Å². The molecule has 16 heavy (non-hydrogen) atoms. The van der Waals surface area contributed by atoms with Gasteiger partial charge < -0.3 is 4.74 Å². The van der Waals surface area contributed by atoms with Gasteiger partial charge in [-0.15, -0.1) is 0 Å². The fourth-order valence-electron chi connectivity index (χ4n) is 1.10. The minimum absolute atomic E-state index is 0.266. The molecule has 6 nitrogen and oxygen atoms in total. The summed E-state index contributed by atoms with van der Waals surface area (Å²) in [6, 6.07) is 0. The fraction of sp³-hybridized carbons (Fsp3) is 0.100. The average molecular weight is 216 g/mol. The third-order valence-corrected chi connectivity index (χ3v) is 1.78. The smallest absolute Gasteiger partial charge is 0.359 e. The van der Waals surface area contributed by atoms with Crippen LogP contribution in [0.4, 0.5) is 0 Å². The monoisotopic (exact) mass is 216 g/mol. The first kappa shape index (κ1) is 10.2. The molecule has 0 N–H and O–H groups in total. The Bertz CT molecular complexity index is 449. The van der Waals surface area contributed by atoms with Gasteiger partial charge in [-0.3, -0.25) is 15.0 Å². The number of rotatable bonds is 0. The number of carbonyl (C=O) groups is 1. The van der Waals surface area contributed by atoms with E-state index in [0.29, 0.717) is 11.4 Å². The van der Waals surface area contributed by atoms with Crippen LogP contribution in [0.5, 0.6) is 0 Å². The van der Waals surface area contributed by atoms with Gasteiger partial charge in [0.25, 0.3) is 0 Å². The van der Waals surface area contributed by atoms with Crippen LogP contribution in [0.2, 0.25) is 0 Å². The minimum atomic E-state index is -0.372. The summed E-state index contributed by atoms with van der Waals surface area (Å²) in [5.41, 5.74) is 0.981. The van der Waals surface area contributed by atoms with E-state index in [9.17, 15) is 4.79 Å². The molecule has 3 rings (SSSR count). The molecule has 0 radical (unpaired) electrons. The topological polar surface area (TPSA) is 77.9 Å². The Labute approximate surface area is 91.4 Å². The Hall–Kier alpha value is -2.37. The molecular weight excluding hydrogens is 208 g/mol. The van der Waals surface area contributed by atoms with E-state index in [2.05, 4.69) is 24.7 Å². The number of carbonyl (C=O) groups excluding carboxylic acids is 1. The van der Waals surface area contributed by atoms with Crippen LogP contribution in [0, 0.1) is 0 Å². The highest BCUT2D eigenvalue weighted by Gasteiger charge is 2.22. The largest absolute Gasteiger partial charge is 0.454 e. The Kier molecular flexibility index (Phi) is 3.12. The standard InChI is InChI=1S/C6H4N2O2.C4H4N2/c9-6-5-4(3-10-6)7-1-2-8-5;1-2-6-4-3-5-1/h1-2H,3H2;1-4H. The molecule has 6 heteroatoms. The van der Waals surface area contributed by atoms with Gasteiger partial charge in [-0.1, -0.05) is 0 Å². The number of hydrogen-bond acceptors (Lipinski definition) is 6. The number of hydrogen-bond donors (Lipinski definition) is 0. The second-order valence-corrected chi connectivity index (χ2v) is 2.82. The number of esters is 1. The maximum atomic E-state index is 10.7. The molecule has 0 spiro atoms. The SMILES string of the molecule is O=C1OCc2nccnc21.c1cnccn1. The van der Waals surface area contributed by atoms with Crippen molar-refractivity contribution in [2.24, 2.45) is 0 Å². The van der Waals surface area contributed by atoms with Crippen molar-refractivity contribution in [1.29, 1.82) is 0 Å². The Morgan fingerprint density at radius 1 is 0.938 bits per heavy atom. The summed E-state index contributed by atoms with van der Waals surface area (Å²) in [4.78, 5) is 25.9. The van der Waals surface area contributed by atoms with Crippen LogP contribution in [0.3, 0.4) is 0 Å². The van der Waals surface area contributed by atoms with Crippen molar-refractivity contribution < 1.29 is 9.53 Å². The molecule has 1 aliphatic heterocycles. The second-order valence-electron chi connectivity index (χ2n) is 2.82. The molecule has 1 aliphatic rings. The highest BCUT2D eigenvalue weighted by molar-refractivity contribution is 5.90. The molecule has 0 bridgehead atoms. The molecule has 0 aliphatic carbocycles. The van der Waals surface area contributed by atoms with Crippen LogP contribution >= 0.6 is 0 Å². The maximum Gasteiger partial charge on any atom is 0.359 e. The quantitative estimate of drug-likeness (QED) is 0.601. The first-order valence-electron chi connectivity index (χ1n) is 4.55. The Balaban J connectivity index is 0.000000138. The Morgan fingerprint density at radius 3 is 2.12 bits per heavy atom. The lowest BCUT2D eigenvalue weighted by Gasteiger charge is -1.86. The fourth-order valence-corrected chi connectivity index (χ4v) is 1.10. The van der Waals surface area contributed by atoms with Gasteiger partial charge in [0.05, 0.1) is 0 Å². The van der Waals surface area contributed by atoms with Crippen molar-refractivity contribution in [3.05, 3.63) is 48.6 Å². The third kappa shape index (κ3) is 2.35. The molecule has 2 aromatic rings. The van der Waals surface area contributed by atoms with Crippen LogP contribution in [0.1, 0.15) is 16.2 Å². The molecule has 0 aromatic carbocycles. The van der Waals surface area contributed by atoms with Gasteiger partial charge in [-0.2, -0.15) is 0 Å². The average Bonchev–Trinajstić information content (AvgIpc) is 2.75. The van der Waals surface area contributed by atoms with Crippen molar-refractivity contribution in [3.8, 4) is 0 Å². The van der Waals surface area contributed by atoms with Gasteiger partial charge >= 0.3 is 5.97 Å². The van der Waals surface area contributed by atoms with Crippen molar-refractivity contribution in [1.82, 2.24) is 19.9 Å². The van der Waals surface area contributed by atoms with Crippen molar-refractivity contribution in [2.45, 2.75) is 6.61 Å². The van der Waals surface area contributed by atoms with E-state index < -0.39 is 0 Å². The predicted molar refractivity (Wildman–Crippen MR) is 53.2 cm³/mol. The normalized spacial score (nSPS) is 12.1. The van der Waals surface area contributed by atoms with Crippen LogP contribution in [-0.2, 0) is 11.3 Å². The number of aromatic nitrogens is 4. The Morgan fingerprint density at radius 2 is 1.56 bits per heavy atom. The van der Waals surface area contributed by atoms with E-state index in [0.717, 1.165) is 0 Å². The summed E-state index contributed by atoms with van der Waals surface area (Å²) < 4.78 is 4.66. The van der Waals surface area contributed by atoms with Crippen LogP contribution < -0.4 is 0 Å². The van der Waals surface area contributed by atoms with Crippen LogP contribution in [0.25, 0.3) is 0 Å². The highest BCUT2D eigenvalue weighted by atomic mass is 16.5. The summed E-state index contributed by atoms with van der Waals surface area (Å²) in [5, 5.41) is 0. The summed E-state index contributed by atoms with van der Waals surface area (Å²) in [6.07, 6.45) is 9.58. The molecule has 0 atom stereocenters. The zero-order valence-corrected chi connectivity index (χ0v) is 8.28. The van der Waals surface area contributed by atoms with Crippen molar-refractivity contribution in [2.75, 3.05) is 0 Å². The lowest BCUT2D eigenvalue weighted by Crippen LogP contribution is -1.97. The molecular formula is C10H8N4O2. The van der Waals surface area contributed by atoms with Crippen molar-refractivity contribution >= 4 is 5.97 Å². The van der Waals surface area contributed by atoms with Gasteiger partial charge in [0, 0.05) is 37.2 Å². The van der Waals surface area contributed by atoms with E-state index in [1.54, 1.807) is 31.0 Å². The van der Waals surface area contributed by atoms with E-state index in [1.807, 2.05) is 0 Å². The molecule has 2 aromatic heterocycles. The first-order chi connectivity index (χ1) is 7.88. The van der Waals surface area contributed by atoms with Gasteiger partial charge in [-0.25, -0.2) is 9.78 Å². The zero-order valence-electron chi connectivity index (χ0n) is 8.28. The second kappa shape index (κ2) is 4.92. The van der Waals surface area contributed by atoms with Gasteiger partial charge in [0.15, 0.2) is 5.69 Å². The molecule has 0 amide bonds. The number of cyclic esters (lactones) is 1. The van der Waals surface area contributed by atoms with Crippen LogP contribution in [-0.4, -0.2) is 25.9 Å². The zero-order chi connectivity index (χ0) is 11.2. The molecule has 0 saturated heterocycles. The summed E-state index contributed by atoms with van der Waals surface area (Å²) in [7, 11) is 0. The predicted octanol–water partition coefficient (Wildman–Crippen LogP) is 0.624. The van der Waals surface area contributed by atoms with E-state index >= 15 is 0 Å². The molecule has 0 saturated carbocycles. The minimum Gasteiger partial charge on any atom is -0.454 e. The van der Waals surface area contributed by atoms with E-state index in [1.165, 1.54) is 6.20 Å². The number of ether oxygens (including phenoxy) is 1. The van der Waals surface area contributed by atoms with E-state index in [4.69, 9.17) is 0 Å². The first-order valence-corrected chi connectivity index (χ1v) is 4.55. The van der Waals surface area contributed by atoms with Gasteiger partial charge in [0.2, 0.25) is 0 Å². The molecule has 3 heterocycles. The summed E-state index contributed by atoms with van der Waals surface area (Å²) >= 11 is 0. The lowest BCUT2D eigenvalue weighted by atomic mass is 10.3. The maximum absolute atomic E-state index is 10.7. The molecule has 0 unspecified atom stereocenters. The highest BCUT2D eigenvalue weighted by Crippen LogP contribution is 2.12. The third-order valence-electron chi connectivity index (χ3n) is 1.78. The number of fused-ring (bicyclic) bond motifs is 1. The molecule has 0 fully saturated rings. The number of nitrogens with zero attached hydrogens (tertiary/aromatic N) is 4. The van der Waals surface area contributed by atoms with Crippen LogP contribution in [0.15, 0.2) is 37.2 Å². The summed E-state index contributed by atoms with van der Waals surface area (Å²) in [5.74, 6) is -0.372. The van der Waals surface area contributed by atoms with E-state index in [-0.39, 0.29) is 12.6 Å².